The fourth-order valence-corrected chi connectivity index (χ4v) is 2.34. The van der Waals surface area contributed by atoms with Crippen molar-refractivity contribution in [1.29, 1.82) is 0 Å². The predicted octanol–water partition coefficient (Wildman–Crippen LogP) is 5.64. The minimum Gasteiger partial charge on any atom is -0.179 e. The molecule has 0 heterocycles. The summed E-state index contributed by atoms with van der Waals surface area (Å²) >= 11 is 2.03. The van der Waals surface area contributed by atoms with Gasteiger partial charge in [0, 0.05) is 11.1 Å². The van der Waals surface area contributed by atoms with Gasteiger partial charge in [-0.15, -0.1) is 12.0 Å². The molecule has 0 spiro atoms. The van der Waals surface area contributed by atoms with Crippen LogP contribution in [0, 0.1) is 27.0 Å². The Morgan fingerprint density at radius 1 is 0.941 bits per heavy atom. The van der Waals surface area contributed by atoms with Gasteiger partial charge < -0.3 is 25.1 Å². The van der Waals surface area contributed by atoms with Crippen molar-refractivity contribution in [3.05, 3.63) is 123 Å². The Hall–Kier alpha value is -2.73. The van der Waals surface area contributed by atoms with E-state index in [1.165, 1.54) is 36.1 Å². The van der Waals surface area contributed by atoms with Gasteiger partial charge in [-0.2, -0.15) is 35.9 Å². The molecule has 6 heteroatoms. The zero-order valence-corrected chi connectivity index (χ0v) is 23.5. The molecule has 34 heavy (non-hydrogen) atoms. The third-order valence-corrected chi connectivity index (χ3v) is 3.93. The van der Waals surface area contributed by atoms with Gasteiger partial charge in [-0.05, 0) is 20.3 Å². The van der Waals surface area contributed by atoms with Crippen LogP contribution in [0.1, 0.15) is 31.4 Å². The van der Waals surface area contributed by atoms with E-state index in [2.05, 4.69) is 67.8 Å². The van der Waals surface area contributed by atoms with Crippen molar-refractivity contribution < 1.29 is 39.0 Å². The van der Waals surface area contributed by atoms with Gasteiger partial charge in [-0.25, -0.2) is 21.7 Å². The summed E-state index contributed by atoms with van der Waals surface area (Å²) in [6, 6.07) is 18.1. The van der Waals surface area contributed by atoms with Crippen molar-refractivity contribution in [3.8, 4) is 11.1 Å². The Morgan fingerprint density at radius 3 is 1.85 bits per heavy atom. The second kappa shape index (κ2) is 20.8. The largest absolute Gasteiger partial charge is 0.179 e. The van der Waals surface area contributed by atoms with Gasteiger partial charge in [-0.3, -0.25) is 6.08 Å². The van der Waals surface area contributed by atoms with E-state index in [-0.39, 0.29) is 26.0 Å². The van der Waals surface area contributed by atoms with Crippen LogP contribution in [0.4, 0.5) is 0 Å². The smallest absolute Gasteiger partial charge is 0.0253 e. The van der Waals surface area contributed by atoms with Crippen molar-refractivity contribution in [2.75, 3.05) is 0 Å². The van der Waals surface area contributed by atoms with E-state index in [0.717, 1.165) is 12.8 Å². The van der Waals surface area contributed by atoms with Crippen LogP contribution in [-0.4, -0.2) is 29.8 Å². The first-order chi connectivity index (χ1) is 15.2. The van der Waals surface area contributed by atoms with Gasteiger partial charge in [0.15, 0.2) is 0 Å². The van der Waals surface area contributed by atoms with E-state index < -0.39 is 11.9 Å². The average Bonchev–Trinajstić information content (AvgIpc) is 3.47. The first-order valence-corrected chi connectivity index (χ1v) is 13.7. The fourth-order valence-electron chi connectivity index (χ4n) is 2.34. The van der Waals surface area contributed by atoms with Gasteiger partial charge >= 0.3 is 38.7 Å². The van der Waals surface area contributed by atoms with E-state index in [0.29, 0.717) is 0 Å². The molecule has 2 aliphatic rings. The van der Waals surface area contributed by atoms with E-state index in [4.69, 9.17) is 10.2 Å². The Kier molecular flexibility index (Phi) is 22.0. The summed E-state index contributed by atoms with van der Waals surface area (Å²) in [5, 5.41) is 15.8. The molecule has 0 atom stereocenters. The number of carboxylic acids is 2. The maximum atomic E-state index is 9.60. The summed E-state index contributed by atoms with van der Waals surface area (Å²) in [6.45, 7) is 9.20. The van der Waals surface area contributed by atoms with Crippen molar-refractivity contribution in [2.24, 2.45) is 0 Å². The molecular formula is C28H34O4SiTi-4. The zero-order chi connectivity index (χ0) is 24.5. The molecule has 0 saturated carbocycles. The molecular weight excluding hydrogens is 476 g/mol. The minimum absolute atomic E-state index is 0. The Labute approximate surface area is 218 Å². The van der Waals surface area contributed by atoms with Crippen molar-refractivity contribution >= 4 is 19.6 Å². The summed E-state index contributed by atoms with van der Waals surface area (Å²) in [5.41, 5.74) is 5.86. The first-order valence-electron chi connectivity index (χ1n) is 9.66. The molecule has 2 aromatic rings. The standard InChI is InChI=1S/C13H9.C5H5.2C4H6O2.2CH3.H2Si.Ti/c1-3-7-12-10(5-1)9-11-6-2-4-8-13(11)12;1-2-4-5-3-1;2*1-3(2)4(5)6;;;;/h1-5,7-8H,9H2;1-3H,4H2;2*1H2,2H3,(H,5,6);2*1H3;1H2;/q2*-1;;;2*-1;;. The van der Waals surface area contributed by atoms with Crippen LogP contribution in [0.3, 0.4) is 0 Å². The van der Waals surface area contributed by atoms with Crippen LogP contribution < -0.4 is 0 Å². The molecule has 0 aromatic heterocycles. The number of allylic oxidation sites excluding steroid dienone is 4. The zero-order valence-electron chi connectivity index (χ0n) is 20.5. The predicted molar refractivity (Wildman–Crippen MR) is 141 cm³/mol. The SMILES string of the molecule is C=C(C)C(=O)O.C=C(C)C(=O)O.[C-]1=CC=CC1.[CH3-].[CH3-].[SiH2]=[Ti].[c-]1cccc2c1Cc1ccccc1-2. The number of hydrogen-bond acceptors (Lipinski definition) is 2. The van der Waals surface area contributed by atoms with Crippen LogP contribution in [0.15, 0.2) is 85.0 Å². The van der Waals surface area contributed by atoms with Crippen LogP contribution >= 0.6 is 0 Å². The number of rotatable bonds is 2. The Morgan fingerprint density at radius 2 is 1.44 bits per heavy atom. The minimum atomic E-state index is -0.935. The first kappa shape index (κ1) is 35.9. The summed E-state index contributed by atoms with van der Waals surface area (Å²) in [4.78, 5) is 19.2. The van der Waals surface area contributed by atoms with Gasteiger partial charge in [0.1, 0.15) is 0 Å². The summed E-state index contributed by atoms with van der Waals surface area (Å²) in [5.74, 6) is -1.87. The Bertz CT molecular complexity index is 892. The molecule has 0 saturated heterocycles. The summed E-state index contributed by atoms with van der Waals surface area (Å²) < 4.78 is 0. The number of fused-ring (bicyclic) bond motifs is 3. The van der Waals surface area contributed by atoms with Crippen molar-refractivity contribution in [2.45, 2.75) is 26.7 Å². The molecule has 2 aliphatic carbocycles. The number of aliphatic carboxylic acids is 2. The van der Waals surface area contributed by atoms with E-state index in [1.54, 1.807) is 0 Å². The van der Waals surface area contributed by atoms with Gasteiger partial charge in [0.05, 0.1) is 0 Å². The molecule has 0 aliphatic heterocycles. The van der Waals surface area contributed by atoms with E-state index in [1.807, 2.05) is 45.0 Å². The number of benzene rings is 2. The van der Waals surface area contributed by atoms with E-state index >= 15 is 0 Å². The quantitative estimate of drug-likeness (QED) is 0.266. The van der Waals surface area contributed by atoms with Crippen LogP contribution in [0.2, 0.25) is 0 Å². The molecule has 2 N–H and O–H groups in total. The van der Waals surface area contributed by atoms with Crippen LogP contribution in [0.25, 0.3) is 11.1 Å². The maximum absolute atomic E-state index is 9.60. The average molecular weight is 511 g/mol. The molecule has 4 rings (SSSR count). The van der Waals surface area contributed by atoms with Gasteiger partial charge in [-0.1, -0.05) is 48.6 Å². The van der Waals surface area contributed by atoms with Crippen molar-refractivity contribution in [1.82, 2.24) is 0 Å². The number of carboxylic acid groups (broad SMARTS) is 2. The fraction of sp³-hybridized carbons (Fsp3) is 0.143. The molecule has 182 valence electrons. The summed E-state index contributed by atoms with van der Waals surface area (Å²) in [6.07, 6.45) is 11.0. The second-order valence-electron chi connectivity index (χ2n) is 6.57. The van der Waals surface area contributed by atoms with E-state index in [9.17, 15) is 9.59 Å². The molecule has 0 amide bonds. The molecule has 0 fully saturated rings. The Balaban J connectivity index is -0.000000395. The van der Waals surface area contributed by atoms with Crippen LogP contribution in [0.5, 0.6) is 0 Å². The maximum Gasteiger partial charge on any atom is -0.0253 e. The molecule has 0 unspecified atom stereocenters. The topological polar surface area (TPSA) is 74.6 Å². The van der Waals surface area contributed by atoms with Gasteiger partial charge in [0.25, 0.3) is 0 Å². The number of carbonyl (C=O) groups is 2. The molecule has 0 radical (unpaired) electrons. The molecule has 2 aromatic carbocycles. The summed E-state index contributed by atoms with van der Waals surface area (Å²) in [7, 11) is 1.86. The molecule has 0 bridgehead atoms. The van der Waals surface area contributed by atoms with Crippen LogP contribution in [-0.2, 0) is 35.2 Å². The third kappa shape index (κ3) is 14.4. The van der Waals surface area contributed by atoms with Gasteiger partial charge in [0.2, 0.25) is 0 Å². The monoisotopic (exact) mass is 510 g/mol. The third-order valence-electron chi connectivity index (χ3n) is 3.93. The number of hydrogen-bond donors (Lipinski definition) is 2. The van der Waals surface area contributed by atoms with Crippen molar-refractivity contribution in [3.63, 3.8) is 0 Å². The second-order valence-corrected chi connectivity index (χ2v) is 6.57. The normalized spacial score (nSPS) is 10.0. The molecule has 4 nitrogen and oxygen atoms in total.